The van der Waals surface area contributed by atoms with E-state index in [0.717, 1.165) is 30.9 Å². The zero-order valence-electron chi connectivity index (χ0n) is 9.70. The average molecular weight is 218 g/mol. The van der Waals surface area contributed by atoms with Gasteiger partial charge in [-0.2, -0.15) is 0 Å². The van der Waals surface area contributed by atoms with E-state index in [9.17, 15) is 0 Å². The molecule has 1 aromatic rings. The molecule has 0 unspecified atom stereocenters. The van der Waals surface area contributed by atoms with Crippen LogP contribution in [0.2, 0.25) is 0 Å². The van der Waals surface area contributed by atoms with Gasteiger partial charge in [0.05, 0.1) is 6.61 Å². The summed E-state index contributed by atoms with van der Waals surface area (Å²) in [6.07, 6.45) is 3.22. The smallest absolute Gasteiger partial charge is 0.100 e. The highest BCUT2D eigenvalue weighted by atomic mass is 16.5. The SMILES string of the molecule is COCc1cccc(N2CCCCC2=N)c1. The van der Waals surface area contributed by atoms with Crippen molar-refractivity contribution in [3.63, 3.8) is 0 Å². The molecule has 1 aromatic carbocycles. The van der Waals surface area contributed by atoms with Crippen molar-refractivity contribution in [2.24, 2.45) is 0 Å². The van der Waals surface area contributed by atoms with Gasteiger partial charge in [0.1, 0.15) is 5.84 Å². The lowest BCUT2D eigenvalue weighted by atomic mass is 10.1. The van der Waals surface area contributed by atoms with E-state index in [0.29, 0.717) is 6.61 Å². The predicted octanol–water partition coefficient (Wildman–Crippen LogP) is 2.80. The number of nitrogens with one attached hydrogen (secondary N) is 1. The van der Waals surface area contributed by atoms with Crippen molar-refractivity contribution in [3.8, 4) is 0 Å². The molecule has 1 heterocycles. The van der Waals surface area contributed by atoms with Gasteiger partial charge in [-0.15, -0.1) is 0 Å². The van der Waals surface area contributed by atoms with Crippen LogP contribution in [0.3, 0.4) is 0 Å². The monoisotopic (exact) mass is 218 g/mol. The zero-order valence-corrected chi connectivity index (χ0v) is 9.70. The number of benzene rings is 1. The van der Waals surface area contributed by atoms with Crippen molar-refractivity contribution in [2.75, 3.05) is 18.6 Å². The Morgan fingerprint density at radius 3 is 3.00 bits per heavy atom. The van der Waals surface area contributed by atoms with Gasteiger partial charge in [0.25, 0.3) is 0 Å². The van der Waals surface area contributed by atoms with Gasteiger partial charge in [0.2, 0.25) is 0 Å². The van der Waals surface area contributed by atoms with Crippen molar-refractivity contribution in [2.45, 2.75) is 25.9 Å². The summed E-state index contributed by atoms with van der Waals surface area (Å²) in [6, 6.07) is 8.27. The normalized spacial score (nSPS) is 16.6. The topological polar surface area (TPSA) is 36.3 Å². The van der Waals surface area contributed by atoms with E-state index in [1.165, 1.54) is 12.0 Å². The summed E-state index contributed by atoms with van der Waals surface area (Å²) in [7, 11) is 1.70. The first-order valence-electron chi connectivity index (χ1n) is 5.74. The number of hydrogen-bond donors (Lipinski definition) is 1. The zero-order chi connectivity index (χ0) is 11.4. The van der Waals surface area contributed by atoms with Crippen LogP contribution in [0.5, 0.6) is 0 Å². The van der Waals surface area contributed by atoms with Gasteiger partial charge < -0.3 is 9.64 Å². The number of methoxy groups -OCH3 is 1. The number of ether oxygens (including phenoxy) is 1. The van der Waals surface area contributed by atoms with E-state index in [1.54, 1.807) is 7.11 Å². The van der Waals surface area contributed by atoms with Crippen LogP contribution in [0.15, 0.2) is 24.3 Å². The molecule has 0 aromatic heterocycles. The first-order valence-corrected chi connectivity index (χ1v) is 5.74. The molecule has 1 saturated heterocycles. The third-order valence-corrected chi connectivity index (χ3v) is 2.90. The van der Waals surface area contributed by atoms with Gasteiger partial charge in [-0.25, -0.2) is 0 Å². The van der Waals surface area contributed by atoms with Crippen molar-refractivity contribution in [1.29, 1.82) is 5.41 Å². The highest BCUT2D eigenvalue weighted by Gasteiger charge is 2.16. The summed E-state index contributed by atoms with van der Waals surface area (Å²) in [6.45, 7) is 1.60. The predicted molar refractivity (Wildman–Crippen MR) is 66.1 cm³/mol. The third-order valence-electron chi connectivity index (χ3n) is 2.90. The van der Waals surface area contributed by atoms with Crippen molar-refractivity contribution in [1.82, 2.24) is 0 Å². The molecule has 1 aliphatic rings. The lowest BCUT2D eigenvalue weighted by Crippen LogP contribution is -2.34. The highest BCUT2D eigenvalue weighted by molar-refractivity contribution is 5.96. The maximum absolute atomic E-state index is 7.95. The molecular formula is C13H18N2O. The molecule has 0 atom stereocenters. The van der Waals surface area contributed by atoms with Gasteiger partial charge in [0, 0.05) is 25.8 Å². The van der Waals surface area contributed by atoms with E-state index in [4.69, 9.17) is 10.1 Å². The second kappa shape index (κ2) is 5.12. The fourth-order valence-electron chi connectivity index (χ4n) is 2.10. The van der Waals surface area contributed by atoms with Gasteiger partial charge in [0.15, 0.2) is 0 Å². The van der Waals surface area contributed by atoms with Crippen LogP contribution in [-0.4, -0.2) is 19.5 Å². The molecule has 0 bridgehead atoms. The summed E-state index contributed by atoms with van der Waals surface area (Å²) in [5, 5.41) is 7.95. The van der Waals surface area contributed by atoms with Crippen LogP contribution in [-0.2, 0) is 11.3 Å². The molecule has 1 fully saturated rings. The second-order valence-corrected chi connectivity index (χ2v) is 4.16. The minimum Gasteiger partial charge on any atom is -0.380 e. The van der Waals surface area contributed by atoms with Crippen molar-refractivity contribution >= 4 is 11.5 Å². The maximum Gasteiger partial charge on any atom is 0.100 e. The molecule has 2 rings (SSSR count). The molecule has 0 amide bonds. The Balaban J connectivity index is 2.18. The quantitative estimate of drug-likeness (QED) is 0.846. The molecule has 86 valence electrons. The molecule has 0 radical (unpaired) electrons. The molecule has 3 heteroatoms. The number of anilines is 1. The minimum atomic E-state index is 0.634. The van der Waals surface area contributed by atoms with Gasteiger partial charge >= 0.3 is 0 Å². The lowest BCUT2D eigenvalue weighted by Gasteiger charge is -2.29. The van der Waals surface area contributed by atoms with E-state index in [-0.39, 0.29) is 0 Å². The van der Waals surface area contributed by atoms with E-state index < -0.39 is 0 Å². The first-order chi connectivity index (χ1) is 7.81. The fourth-order valence-corrected chi connectivity index (χ4v) is 2.10. The standard InChI is InChI=1S/C13H18N2O/c1-16-10-11-5-4-6-12(9-11)15-8-3-2-7-13(15)14/h4-6,9,14H,2-3,7-8,10H2,1H3. The molecule has 0 saturated carbocycles. The van der Waals surface area contributed by atoms with E-state index >= 15 is 0 Å². The summed E-state index contributed by atoms with van der Waals surface area (Å²) in [5.74, 6) is 0.737. The van der Waals surface area contributed by atoms with Crippen LogP contribution < -0.4 is 4.90 Å². The third kappa shape index (κ3) is 2.42. The van der Waals surface area contributed by atoms with Crippen LogP contribution >= 0.6 is 0 Å². The summed E-state index contributed by atoms with van der Waals surface area (Å²) in [4.78, 5) is 2.10. The number of rotatable bonds is 3. The molecular weight excluding hydrogens is 200 g/mol. The molecule has 0 spiro atoms. The summed E-state index contributed by atoms with van der Waals surface area (Å²) in [5.41, 5.74) is 2.29. The summed E-state index contributed by atoms with van der Waals surface area (Å²) >= 11 is 0. The van der Waals surface area contributed by atoms with Crippen LogP contribution in [0.25, 0.3) is 0 Å². The molecule has 0 aliphatic carbocycles. The average Bonchev–Trinajstić information content (AvgIpc) is 2.30. The van der Waals surface area contributed by atoms with Crippen molar-refractivity contribution < 1.29 is 4.74 Å². The number of amidine groups is 1. The van der Waals surface area contributed by atoms with E-state index in [2.05, 4.69) is 23.1 Å². The van der Waals surface area contributed by atoms with Gasteiger partial charge in [-0.1, -0.05) is 12.1 Å². The minimum absolute atomic E-state index is 0.634. The van der Waals surface area contributed by atoms with E-state index in [1.807, 2.05) is 6.07 Å². The highest BCUT2D eigenvalue weighted by Crippen LogP contribution is 2.22. The van der Waals surface area contributed by atoms with Crippen LogP contribution in [0, 0.1) is 5.41 Å². The Hall–Kier alpha value is -1.35. The van der Waals surface area contributed by atoms with Gasteiger partial charge in [-0.05, 0) is 30.5 Å². The molecule has 16 heavy (non-hydrogen) atoms. The molecule has 3 nitrogen and oxygen atoms in total. The number of nitrogens with zero attached hydrogens (tertiary/aromatic N) is 1. The molecule has 1 aliphatic heterocycles. The number of hydrogen-bond acceptors (Lipinski definition) is 2. The first kappa shape index (κ1) is 11.1. The lowest BCUT2D eigenvalue weighted by molar-refractivity contribution is 0.185. The van der Waals surface area contributed by atoms with Gasteiger partial charge in [-0.3, -0.25) is 5.41 Å². The Labute approximate surface area is 96.5 Å². The Morgan fingerprint density at radius 1 is 1.38 bits per heavy atom. The molecule has 1 N–H and O–H groups in total. The Morgan fingerprint density at radius 2 is 2.25 bits per heavy atom. The summed E-state index contributed by atoms with van der Waals surface area (Å²) < 4.78 is 5.12. The maximum atomic E-state index is 7.95. The second-order valence-electron chi connectivity index (χ2n) is 4.16. The van der Waals surface area contributed by atoms with Crippen molar-refractivity contribution in [3.05, 3.63) is 29.8 Å². The van der Waals surface area contributed by atoms with Crippen LogP contribution in [0.1, 0.15) is 24.8 Å². The fraction of sp³-hybridized carbons (Fsp3) is 0.462. The Kier molecular flexibility index (Phi) is 3.57. The Bertz CT molecular complexity index is 376. The number of piperidine rings is 1. The largest absolute Gasteiger partial charge is 0.380 e. The van der Waals surface area contributed by atoms with Crippen LogP contribution in [0.4, 0.5) is 5.69 Å².